The van der Waals surface area contributed by atoms with Crippen LogP contribution >= 0.6 is 0 Å². The number of aromatic nitrogens is 3. The maximum atomic E-state index is 13.9. The molecular weight excluding hydrogens is 388 g/mol. The number of rotatable bonds is 3. The molecule has 3 heterocycles. The number of hydrogen-bond acceptors (Lipinski definition) is 3. The van der Waals surface area contributed by atoms with E-state index in [2.05, 4.69) is 10.1 Å². The van der Waals surface area contributed by atoms with Gasteiger partial charge in [0.15, 0.2) is 5.65 Å². The van der Waals surface area contributed by atoms with Crippen molar-refractivity contribution in [3.8, 4) is 0 Å². The fourth-order valence-electron chi connectivity index (χ4n) is 3.62. The van der Waals surface area contributed by atoms with Gasteiger partial charge in [0.25, 0.3) is 5.91 Å². The van der Waals surface area contributed by atoms with E-state index >= 15 is 0 Å². The molecule has 3 aromatic rings. The Morgan fingerprint density at radius 1 is 1.24 bits per heavy atom. The molecule has 152 valence electrons. The standard InChI is InChI=1S/C20H18F4N4O/c1-2-13-9-17(20(22,23)24)28-18(25-13)10-16(26-28)12-7-8-27(11-12)19(29)14-5-3-4-6-15(14)21/h3-6,9-10,12H,2,7-8,11H2,1H3/t12-/m1/s1. The predicted octanol–water partition coefficient (Wildman–Crippen LogP) is 4.08. The van der Waals surface area contributed by atoms with Gasteiger partial charge in [0.2, 0.25) is 0 Å². The number of halogens is 4. The first-order chi connectivity index (χ1) is 13.8. The van der Waals surface area contributed by atoms with Crippen LogP contribution in [0.1, 0.15) is 46.7 Å². The highest BCUT2D eigenvalue weighted by molar-refractivity contribution is 5.94. The summed E-state index contributed by atoms with van der Waals surface area (Å²) in [6.07, 6.45) is -3.66. The molecule has 1 atom stereocenters. The zero-order valence-electron chi connectivity index (χ0n) is 15.6. The third-order valence-electron chi connectivity index (χ3n) is 5.15. The van der Waals surface area contributed by atoms with E-state index in [1.54, 1.807) is 13.0 Å². The fraction of sp³-hybridized carbons (Fsp3) is 0.350. The summed E-state index contributed by atoms with van der Waals surface area (Å²) in [4.78, 5) is 18.3. The number of benzene rings is 1. The average molecular weight is 406 g/mol. The summed E-state index contributed by atoms with van der Waals surface area (Å²) in [7, 11) is 0. The zero-order valence-corrected chi connectivity index (χ0v) is 15.6. The van der Waals surface area contributed by atoms with Crippen LogP contribution in [0.3, 0.4) is 0 Å². The SMILES string of the molecule is CCc1cc(C(F)(F)F)n2nc([C@@H]3CCN(C(=O)c4ccccc4F)C3)cc2n1. The number of alkyl halides is 3. The van der Waals surface area contributed by atoms with Gasteiger partial charge in [-0.05, 0) is 31.0 Å². The van der Waals surface area contributed by atoms with Crippen molar-refractivity contribution in [2.75, 3.05) is 13.1 Å². The number of hydrogen-bond donors (Lipinski definition) is 0. The Morgan fingerprint density at radius 2 is 2.00 bits per heavy atom. The van der Waals surface area contributed by atoms with Crippen molar-refractivity contribution in [2.45, 2.75) is 31.9 Å². The van der Waals surface area contributed by atoms with Crippen LogP contribution in [0.2, 0.25) is 0 Å². The summed E-state index contributed by atoms with van der Waals surface area (Å²) in [5.41, 5.74) is 0.0179. The van der Waals surface area contributed by atoms with Crippen LogP contribution in [0, 0.1) is 5.82 Å². The van der Waals surface area contributed by atoms with Crippen LogP contribution in [0.4, 0.5) is 17.6 Å². The minimum absolute atomic E-state index is 0.0169. The van der Waals surface area contributed by atoms with Gasteiger partial charge in [0, 0.05) is 30.8 Å². The van der Waals surface area contributed by atoms with E-state index in [0.717, 1.165) is 10.6 Å². The van der Waals surface area contributed by atoms with Crippen molar-refractivity contribution >= 4 is 11.6 Å². The first-order valence-electron chi connectivity index (χ1n) is 9.28. The van der Waals surface area contributed by atoms with Crippen molar-refractivity contribution in [2.24, 2.45) is 0 Å². The average Bonchev–Trinajstić information content (AvgIpc) is 3.33. The lowest BCUT2D eigenvalue weighted by atomic mass is 10.1. The summed E-state index contributed by atoms with van der Waals surface area (Å²) in [5, 5.41) is 4.14. The van der Waals surface area contributed by atoms with Gasteiger partial charge in [-0.3, -0.25) is 4.79 Å². The van der Waals surface area contributed by atoms with Gasteiger partial charge in [-0.2, -0.15) is 18.3 Å². The quantitative estimate of drug-likeness (QED) is 0.616. The third-order valence-corrected chi connectivity index (χ3v) is 5.15. The van der Waals surface area contributed by atoms with E-state index in [1.165, 1.54) is 29.2 Å². The minimum atomic E-state index is -4.56. The second kappa shape index (κ2) is 7.13. The number of carbonyl (C=O) groups is 1. The Morgan fingerprint density at radius 3 is 2.69 bits per heavy atom. The topological polar surface area (TPSA) is 50.5 Å². The summed E-state index contributed by atoms with van der Waals surface area (Å²) in [5.74, 6) is -1.27. The highest BCUT2D eigenvalue weighted by atomic mass is 19.4. The molecule has 0 aliphatic carbocycles. The van der Waals surface area contributed by atoms with Crippen molar-refractivity contribution < 1.29 is 22.4 Å². The van der Waals surface area contributed by atoms with E-state index in [0.29, 0.717) is 30.8 Å². The molecule has 4 rings (SSSR count). The lowest BCUT2D eigenvalue weighted by molar-refractivity contribution is -0.142. The first-order valence-corrected chi connectivity index (χ1v) is 9.28. The number of nitrogens with zero attached hydrogens (tertiary/aromatic N) is 4. The summed E-state index contributed by atoms with van der Waals surface area (Å²) in [6, 6.07) is 8.27. The molecule has 1 aliphatic rings. The van der Waals surface area contributed by atoms with Gasteiger partial charge < -0.3 is 4.90 Å². The van der Waals surface area contributed by atoms with Crippen LogP contribution in [-0.2, 0) is 12.6 Å². The molecule has 0 N–H and O–H groups in total. The maximum Gasteiger partial charge on any atom is 0.433 e. The summed E-state index contributed by atoms with van der Waals surface area (Å²) < 4.78 is 55.0. The van der Waals surface area contributed by atoms with Crippen molar-refractivity contribution in [1.29, 1.82) is 0 Å². The van der Waals surface area contributed by atoms with Gasteiger partial charge >= 0.3 is 6.18 Å². The molecule has 0 radical (unpaired) electrons. The Bertz CT molecular complexity index is 1080. The van der Waals surface area contributed by atoms with Gasteiger partial charge in [-0.25, -0.2) is 13.9 Å². The molecule has 1 saturated heterocycles. The molecule has 29 heavy (non-hydrogen) atoms. The third kappa shape index (κ3) is 3.56. The second-order valence-electron chi connectivity index (χ2n) is 7.04. The second-order valence-corrected chi connectivity index (χ2v) is 7.04. The summed E-state index contributed by atoms with van der Waals surface area (Å²) >= 11 is 0. The largest absolute Gasteiger partial charge is 0.433 e. The fourth-order valence-corrected chi connectivity index (χ4v) is 3.62. The molecular formula is C20H18F4N4O. The molecule has 5 nitrogen and oxygen atoms in total. The normalized spacial score (nSPS) is 17.3. The first kappa shape index (κ1) is 19.4. The number of carbonyl (C=O) groups excluding carboxylic acids is 1. The Kier molecular flexibility index (Phi) is 4.76. The van der Waals surface area contributed by atoms with Gasteiger partial charge in [0.05, 0.1) is 11.3 Å². The number of aryl methyl sites for hydroxylation is 1. The maximum absolute atomic E-state index is 13.9. The van der Waals surface area contributed by atoms with E-state index in [9.17, 15) is 22.4 Å². The van der Waals surface area contributed by atoms with E-state index in [1.807, 2.05) is 0 Å². The molecule has 1 fully saturated rings. The van der Waals surface area contributed by atoms with Crippen LogP contribution in [0.25, 0.3) is 5.65 Å². The van der Waals surface area contributed by atoms with Crippen molar-refractivity contribution in [1.82, 2.24) is 19.5 Å². The minimum Gasteiger partial charge on any atom is -0.338 e. The predicted molar refractivity (Wildman–Crippen MR) is 97.0 cm³/mol. The monoisotopic (exact) mass is 406 g/mol. The lowest BCUT2D eigenvalue weighted by Gasteiger charge is -2.16. The van der Waals surface area contributed by atoms with E-state index < -0.39 is 23.6 Å². The number of fused-ring (bicyclic) bond motifs is 1. The Balaban J connectivity index is 1.63. The highest BCUT2D eigenvalue weighted by Gasteiger charge is 2.36. The molecule has 1 amide bonds. The van der Waals surface area contributed by atoms with Crippen LogP contribution < -0.4 is 0 Å². The van der Waals surface area contributed by atoms with Crippen LogP contribution in [0.15, 0.2) is 36.4 Å². The van der Waals surface area contributed by atoms with Gasteiger partial charge in [-0.1, -0.05) is 19.1 Å². The van der Waals surface area contributed by atoms with Crippen LogP contribution in [0.5, 0.6) is 0 Å². The number of amides is 1. The van der Waals surface area contributed by atoms with Gasteiger partial charge in [0.1, 0.15) is 11.5 Å². The molecule has 0 unspecified atom stereocenters. The molecule has 0 spiro atoms. The summed E-state index contributed by atoms with van der Waals surface area (Å²) in [6.45, 7) is 2.38. The van der Waals surface area contributed by atoms with Crippen molar-refractivity contribution in [3.05, 3.63) is 64.9 Å². The molecule has 1 aromatic carbocycles. The zero-order chi connectivity index (χ0) is 20.8. The molecule has 9 heteroatoms. The smallest absolute Gasteiger partial charge is 0.338 e. The van der Waals surface area contributed by atoms with Crippen molar-refractivity contribution in [3.63, 3.8) is 0 Å². The van der Waals surface area contributed by atoms with E-state index in [4.69, 9.17) is 0 Å². The molecule has 0 saturated carbocycles. The molecule has 0 bridgehead atoms. The molecule has 2 aromatic heterocycles. The Hall–Kier alpha value is -2.97. The Labute approximate surface area is 164 Å². The van der Waals surface area contributed by atoms with Crippen LogP contribution in [-0.4, -0.2) is 38.5 Å². The number of likely N-dealkylation sites (tertiary alicyclic amines) is 1. The lowest BCUT2D eigenvalue weighted by Crippen LogP contribution is -2.29. The molecule has 1 aliphatic heterocycles. The highest BCUT2D eigenvalue weighted by Crippen LogP contribution is 2.33. The van der Waals surface area contributed by atoms with E-state index in [-0.39, 0.29) is 23.7 Å². The van der Waals surface area contributed by atoms with Gasteiger partial charge in [-0.15, -0.1) is 0 Å².